The molecule has 3 rings (SSSR count). The van der Waals surface area contributed by atoms with Crippen molar-refractivity contribution in [3.63, 3.8) is 0 Å². The van der Waals surface area contributed by atoms with Gasteiger partial charge in [0.15, 0.2) is 0 Å². The molecule has 3 heteroatoms. The van der Waals surface area contributed by atoms with Gasteiger partial charge in [-0.2, -0.15) is 0 Å². The molecule has 2 unspecified atom stereocenters. The predicted molar refractivity (Wildman–Crippen MR) is 76.7 cm³/mol. The number of hydrogen-bond acceptors (Lipinski definition) is 2. The molecule has 2 nitrogen and oxygen atoms in total. The maximum Gasteiger partial charge on any atom is 0.0692 e. The van der Waals surface area contributed by atoms with Gasteiger partial charge in [0, 0.05) is 17.1 Å². The van der Waals surface area contributed by atoms with E-state index >= 15 is 0 Å². The number of aliphatic hydroxyl groups excluding tert-OH is 1. The van der Waals surface area contributed by atoms with E-state index in [-0.39, 0.29) is 6.10 Å². The zero-order chi connectivity index (χ0) is 12.5. The first-order valence-corrected chi connectivity index (χ1v) is 7.70. The molecule has 1 saturated carbocycles. The Balaban J connectivity index is 1.55. The topological polar surface area (TPSA) is 32.3 Å². The summed E-state index contributed by atoms with van der Waals surface area (Å²) < 4.78 is 1.18. The summed E-state index contributed by atoms with van der Waals surface area (Å²) in [6, 6.07) is 7.13. The van der Waals surface area contributed by atoms with Crippen LogP contribution in [-0.2, 0) is 12.8 Å². The van der Waals surface area contributed by atoms with Crippen LogP contribution in [-0.4, -0.2) is 23.8 Å². The largest absolute Gasteiger partial charge is 0.392 e. The van der Waals surface area contributed by atoms with Gasteiger partial charge in [-0.1, -0.05) is 22.0 Å². The summed E-state index contributed by atoms with van der Waals surface area (Å²) in [5.41, 5.74) is 2.94. The highest BCUT2D eigenvalue weighted by Crippen LogP contribution is 2.32. The Labute approximate surface area is 117 Å². The Kier molecular flexibility index (Phi) is 3.73. The first-order valence-electron chi connectivity index (χ1n) is 6.91. The van der Waals surface area contributed by atoms with Gasteiger partial charge in [-0.3, -0.25) is 0 Å². The van der Waals surface area contributed by atoms with Crippen molar-refractivity contribution in [3.8, 4) is 0 Å². The minimum absolute atomic E-state index is 0.128. The number of rotatable bonds is 4. The number of fused-ring (bicyclic) bond motifs is 1. The minimum Gasteiger partial charge on any atom is -0.392 e. The van der Waals surface area contributed by atoms with E-state index in [9.17, 15) is 5.11 Å². The van der Waals surface area contributed by atoms with Gasteiger partial charge in [0.1, 0.15) is 0 Å². The van der Waals surface area contributed by atoms with Gasteiger partial charge in [-0.05, 0) is 61.3 Å². The lowest BCUT2D eigenvalue weighted by molar-refractivity contribution is 0.143. The summed E-state index contributed by atoms with van der Waals surface area (Å²) >= 11 is 3.53. The first-order chi connectivity index (χ1) is 8.72. The molecule has 2 aliphatic carbocycles. The first kappa shape index (κ1) is 12.6. The van der Waals surface area contributed by atoms with E-state index in [0.29, 0.717) is 12.0 Å². The van der Waals surface area contributed by atoms with Crippen molar-refractivity contribution in [2.45, 2.75) is 44.2 Å². The molecule has 0 heterocycles. The molecule has 18 heavy (non-hydrogen) atoms. The van der Waals surface area contributed by atoms with Crippen LogP contribution in [0.25, 0.3) is 0 Å². The second-order valence-corrected chi connectivity index (χ2v) is 6.58. The summed E-state index contributed by atoms with van der Waals surface area (Å²) in [7, 11) is 0. The van der Waals surface area contributed by atoms with Crippen LogP contribution < -0.4 is 5.32 Å². The number of aryl methyl sites for hydroxylation is 1. The normalized spacial score (nSPS) is 24.7. The van der Waals surface area contributed by atoms with Crippen LogP contribution in [0.1, 0.15) is 30.4 Å². The van der Waals surface area contributed by atoms with Crippen LogP contribution in [0.2, 0.25) is 0 Å². The molecule has 2 atom stereocenters. The Morgan fingerprint density at radius 3 is 2.89 bits per heavy atom. The number of benzene rings is 1. The number of aliphatic hydroxyl groups is 1. The lowest BCUT2D eigenvalue weighted by atomic mass is 9.88. The summed E-state index contributed by atoms with van der Waals surface area (Å²) in [6.07, 6.45) is 5.72. The molecule has 0 amide bonds. The lowest BCUT2D eigenvalue weighted by Gasteiger charge is -2.26. The van der Waals surface area contributed by atoms with Crippen LogP contribution in [0.15, 0.2) is 22.7 Å². The molecular formula is C15H20BrNO. The van der Waals surface area contributed by atoms with Gasteiger partial charge in [0.2, 0.25) is 0 Å². The molecule has 0 aliphatic heterocycles. The molecule has 0 aromatic heterocycles. The third kappa shape index (κ3) is 2.95. The zero-order valence-electron chi connectivity index (χ0n) is 10.5. The molecule has 0 radical (unpaired) electrons. The van der Waals surface area contributed by atoms with E-state index in [1.54, 1.807) is 0 Å². The molecule has 1 aromatic carbocycles. The molecule has 2 aliphatic rings. The Hall–Kier alpha value is -0.380. The van der Waals surface area contributed by atoms with E-state index in [1.807, 2.05) is 0 Å². The van der Waals surface area contributed by atoms with Crippen molar-refractivity contribution >= 4 is 15.9 Å². The molecule has 1 aromatic rings. The van der Waals surface area contributed by atoms with Crippen molar-refractivity contribution < 1.29 is 5.11 Å². The van der Waals surface area contributed by atoms with Crippen LogP contribution in [0, 0.1) is 5.92 Å². The van der Waals surface area contributed by atoms with Crippen molar-refractivity contribution in [2.24, 2.45) is 5.92 Å². The fourth-order valence-electron chi connectivity index (χ4n) is 2.83. The van der Waals surface area contributed by atoms with Crippen molar-refractivity contribution in [3.05, 3.63) is 33.8 Å². The Bertz CT molecular complexity index is 431. The second-order valence-electron chi connectivity index (χ2n) is 5.67. The third-order valence-corrected chi connectivity index (χ3v) is 4.67. The molecule has 0 spiro atoms. The summed E-state index contributed by atoms with van der Waals surface area (Å²) in [5.74, 6) is 0.573. The standard InChI is InChI=1S/C15H20BrNO/c16-13-5-3-12-8-14(6-4-11(12)7-13)17-9-15(18)10-1-2-10/h3,5,7,10,14-15,17-18H,1-2,4,6,8-9H2. The van der Waals surface area contributed by atoms with E-state index in [2.05, 4.69) is 39.4 Å². The van der Waals surface area contributed by atoms with Gasteiger partial charge < -0.3 is 10.4 Å². The molecular weight excluding hydrogens is 290 g/mol. The SMILES string of the molecule is OC(CNC1CCc2cc(Br)ccc2C1)C1CC1. The van der Waals surface area contributed by atoms with Gasteiger partial charge in [-0.15, -0.1) is 0 Å². The van der Waals surface area contributed by atoms with Crippen LogP contribution in [0.4, 0.5) is 0 Å². The number of nitrogens with one attached hydrogen (secondary N) is 1. The fourth-order valence-corrected chi connectivity index (χ4v) is 3.24. The van der Waals surface area contributed by atoms with Gasteiger partial charge in [-0.25, -0.2) is 0 Å². The van der Waals surface area contributed by atoms with Crippen LogP contribution in [0.3, 0.4) is 0 Å². The highest BCUT2D eigenvalue weighted by Gasteiger charge is 2.30. The quantitative estimate of drug-likeness (QED) is 0.896. The molecule has 0 saturated heterocycles. The Morgan fingerprint density at radius 1 is 1.28 bits per heavy atom. The monoisotopic (exact) mass is 309 g/mol. The molecule has 98 valence electrons. The highest BCUT2D eigenvalue weighted by molar-refractivity contribution is 9.10. The van der Waals surface area contributed by atoms with E-state index < -0.39 is 0 Å². The van der Waals surface area contributed by atoms with Gasteiger partial charge in [0.25, 0.3) is 0 Å². The van der Waals surface area contributed by atoms with Gasteiger partial charge >= 0.3 is 0 Å². The minimum atomic E-state index is -0.128. The fraction of sp³-hybridized carbons (Fsp3) is 0.600. The lowest BCUT2D eigenvalue weighted by Crippen LogP contribution is -2.39. The maximum absolute atomic E-state index is 9.88. The van der Waals surface area contributed by atoms with E-state index in [0.717, 1.165) is 19.4 Å². The third-order valence-electron chi connectivity index (χ3n) is 4.18. The molecule has 0 bridgehead atoms. The van der Waals surface area contributed by atoms with Crippen molar-refractivity contribution in [1.82, 2.24) is 5.32 Å². The smallest absolute Gasteiger partial charge is 0.0692 e. The van der Waals surface area contributed by atoms with Crippen molar-refractivity contribution in [1.29, 1.82) is 0 Å². The maximum atomic E-state index is 9.88. The summed E-state index contributed by atoms with van der Waals surface area (Å²) in [6.45, 7) is 0.765. The number of halogens is 1. The predicted octanol–water partition coefficient (Wildman–Crippen LogP) is 2.67. The van der Waals surface area contributed by atoms with E-state index in [4.69, 9.17) is 0 Å². The average Bonchev–Trinajstić information content (AvgIpc) is 3.20. The summed E-state index contributed by atoms with van der Waals surface area (Å²) in [5, 5.41) is 13.4. The zero-order valence-corrected chi connectivity index (χ0v) is 12.1. The second kappa shape index (κ2) is 5.32. The van der Waals surface area contributed by atoms with Crippen LogP contribution >= 0.6 is 15.9 Å². The van der Waals surface area contributed by atoms with Gasteiger partial charge in [0.05, 0.1) is 6.10 Å². The molecule has 2 N–H and O–H groups in total. The number of hydrogen-bond donors (Lipinski definition) is 2. The van der Waals surface area contributed by atoms with E-state index in [1.165, 1.54) is 34.9 Å². The average molecular weight is 310 g/mol. The Morgan fingerprint density at radius 2 is 2.11 bits per heavy atom. The van der Waals surface area contributed by atoms with Crippen LogP contribution in [0.5, 0.6) is 0 Å². The van der Waals surface area contributed by atoms with Crippen molar-refractivity contribution in [2.75, 3.05) is 6.54 Å². The highest BCUT2D eigenvalue weighted by atomic mass is 79.9. The molecule has 1 fully saturated rings. The summed E-state index contributed by atoms with van der Waals surface area (Å²) in [4.78, 5) is 0.